The number of benzene rings is 1. The van der Waals surface area contributed by atoms with Crippen molar-refractivity contribution in [3.8, 4) is 0 Å². The lowest BCUT2D eigenvalue weighted by Gasteiger charge is -2.19. The number of amides is 2. The van der Waals surface area contributed by atoms with Gasteiger partial charge in [-0.2, -0.15) is 0 Å². The zero-order valence-corrected chi connectivity index (χ0v) is 13.8. The van der Waals surface area contributed by atoms with E-state index < -0.39 is 0 Å². The fourth-order valence-electron chi connectivity index (χ4n) is 3.53. The van der Waals surface area contributed by atoms with Crippen LogP contribution in [-0.4, -0.2) is 47.6 Å². The van der Waals surface area contributed by atoms with Crippen molar-refractivity contribution >= 4 is 17.5 Å². The molecule has 23 heavy (non-hydrogen) atoms. The standard InChI is InChI=1S/C18H24N2O3/c1-3-17(22)20-9-7-13-10-14(4-5-16(13)20)18(23)19-8-6-15(11-19)12(2)21/h4-5,10,12,15,21H,3,6-9,11H2,1-2H3. The second kappa shape index (κ2) is 6.32. The maximum atomic E-state index is 12.7. The third-order valence-corrected chi connectivity index (χ3v) is 5.02. The molecular formula is C18H24N2O3. The summed E-state index contributed by atoms with van der Waals surface area (Å²) in [5.74, 6) is 0.324. The first-order valence-electron chi connectivity index (χ1n) is 8.42. The van der Waals surface area contributed by atoms with Crippen molar-refractivity contribution in [3.63, 3.8) is 0 Å². The molecule has 2 aliphatic heterocycles. The Morgan fingerprint density at radius 2 is 2.13 bits per heavy atom. The van der Waals surface area contributed by atoms with E-state index >= 15 is 0 Å². The summed E-state index contributed by atoms with van der Waals surface area (Å²) in [6.45, 7) is 5.67. The van der Waals surface area contributed by atoms with E-state index in [9.17, 15) is 14.7 Å². The van der Waals surface area contributed by atoms with Crippen molar-refractivity contribution in [2.75, 3.05) is 24.5 Å². The van der Waals surface area contributed by atoms with Crippen molar-refractivity contribution in [1.82, 2.24) is 4.90 Å². The fourth-order valence-corrected chi connectivity index (χ4v) is 3.53. The SMILES string of the molecule is CCC(=O)N1CCc2cc(C(=O)N3CCC(C(C)O)C3)ccc21. The first-order valence-corrected chi connectivity index (χ1v) is 8.42. The molecule has 0 radical (unpaired) electrons. The summed E-state index contributed by atoms with van der Waals surface area (Å²) in [5, 5.41) is 9.68. The van der Waals surface area contributed by atoms with Crippen LogP contribution in [0.5, 0.6) is 0 Å². The molecule has 5 heteroatoms. The van der Waals surface area contributed by atoms with Gasteiger partial charge in [-0.15, -0.1) is 0 Å². The molecule has 2 amide bonds. The van der Waals surface area contributed by atoms with Gasteiger partial charge in [0.15, 0.2) is 0 Å². The number of fused-ring (bicyclic) bond motifs is 1. The smallest absolute Gasteiger partial charge is 0.253 e. The largest absolute Gasteiger partial charge is 0.393 e. The number of carbonyl (C=O) groups excluding carboxylic acids is 2. The van der Waals surface area contributed by atoms with Crippen LogP contribution in [0.15, 0.2) is 18.2 Å². The van der Waals surface area contributed by atoms with Crippen LogP contribution in [-0.2, 0) is 11.2 Å². The summed E-state index contributed by atoms with van der Waals surface area (Å²) < 4.78 is 0. The molecular weight excluding hydrogens is 292 g/mol. The normalized spacial score (nSPS) is 21.4. The van der Waals surface area contributed by atoms with E-state index in [1.54, 1.807) is 6.92 Å². The quantitative estimate of drug-likeness (QED) is 0.925. The Kier molecular flexibility index (Phi) is 4.39. The van der Waals surface area contributed by atoms with Gasteiger partial charge >= 0.3 is 0 Å². The Bertz CT molecular complexity index is 627. The van der Waals surface area contributed by atoms with E-state index in [-0.39, 0.29) is 23.8 Å². The van der Waals surface area contributed by atoms with Crippen molar-refractivity contribution in [1.29, 1.82) is 0 Å². The zero-order valence-electron chi connectivity index (χ0n) is 13.8. The minimum Gasteiger partial charge on any atom is -0.393 e. The molecule has 2 atom stereocenters. The molecule has 0 aliphatic carbocycles. The number of aliphatic hydroxyl groups is 1. The topological polar surface area (TPSA) is 60.9 Å². The van der Waals surface area contributed by atoms with E-state index in [2.05, 4.69) is 0 Å². The Balaban J connectivity index is 1.76. The van der Waals surface area contributed by atoms with Gasteiger partial charge in [0.05, 0.1) is 6.10 Å². The third kappa shape index (κ3) is 2.98. The number of aliphatic hydroxyl groups excluding tert-OH is 1. The highest BCUT2D eigenvalue weighted by molar-refractivity contribution is 5.98. The van der Waals surface area contributed by atoms with Crippen molar-refractivity contribution in [2.45, 2.75) is 39.2 Å². The molecule has 1 saturated heterocycles. The number of nitrogens with zero attached hydrogens (tertiary/aromatic N) is 2. The predicted octanol–water partition coefficient (Wildman–Crippen LogP) is 1.83. The van der Waals surface area contributed by atoms with Crippen molar-refractivity contribution < 1.29 is 14.7 Å². The van der Waals surface area contributed by atoms with Gasteiger partial charge in [-0.05, 0) is 43.5 Å². The summed E-state index contributed by atoms with van der Waals surface area (Å²) in [6.07, 6.45) is 1.78. The third-order valence-electron chi connectivity index (χ3n) is 5.02. The van der Waals surface area contributed by atoms with Gasteiger partial charge < -0.3 is 14.9 Å². The number of rotatable bonds is 3. The second-order valence-corrected chi connectivity index (χ2v) is 6.53. The van der Waals surface area contributed by atoms with Gasteiger partial charge in [0.2, 0.25) is 5.91 Å². The minimum absolute atomic E-state index is 0.0243. The predicted molar refractivity (Wildman–Crippen MR) is 88.5 cm³/mol. The summed E-state index contributed by atoms with van der Waals surface area (Å²) in [6, 6.07) is 5.64. The first-order chi connectivity index (χ1) is 11.0. The first kappa shape index (κ1) is 16.0. The molecule has 2 aliphatic rings. The Morgan fingerprint density at radius 1 is 1.35 bits per heavy atom. The van der Waals surface area contributed by atoms with E-state index in [1.807, 2.05) is 34.9 Å². The van der Waals surface area contributed by atoms with Gasteiger partial charge in [0.1, 0.15) is 0 Å². The molecule has 124 valence electrons. The maximum absolute atomic E-state index is 12.7. The minimum atomic E-state index is -0.374. The molecule has 0 saturated carbocycles. The number of hydrogen-bond acceptors (Lipinski definition) is 3. The number of anilines is 1. The number of hydrogen-bond donors (Lipinski definition) is 1. The van der Waals surface area contributed by atoms with Crippen LogP contribution >= 0.6 is 0 Å². The molecule has 2 heterocycles. The zero-order chi connectivity index (χ0) is 16.6. The van der Waals surface area contributed by atoms with Crippen LogP contribution < -0.4 is 4.90 Å². The number of carbonyl (C=O) groups is 2. The van der Waals surface area contributed by atoms with Crippen molar-refractivity contribution in [3.05, 3.63) is 29.3 Å². The van der Waals surface area contributed by atoms with Gasteiger partial charge in [-0.1, -0.05) is 6.92 Å². The highest BCUT2D eigenvalue weighted by Gasteiger charge is 2.30. The molecule has 0 bridgehead atoms. The maximum Gasteiger partial charge on any atom is 0.253 e. The number of likely N-dealkylation sites (tertiary alicyclic amines) is 1. The van der Waals surface area contributed by atoms with Gasteiger partial charge in [-0.3, -0.25) is 9.59 Å². The van der Waals surface area contributed by atoms with E-state index in [0.717, 1.165) is 24.1 Å². The van der Waals surface area contributed by atoms with Gasteiger partial charge in [-0.25, -0.2) is 0 Å². The van der Waals surface area contributed by atoms with Crippen LogP contribution in [0.4, 0.5) is 5.69 Å². The molecule has 0 spiro atoms. The molecule has 3 rings (SSSR count). The Morgan fingerprint density at radius 3 is 2.78 bits per heavy atom. The highest BCUT2D eigenvalue weighted by atomic mass is 16.3. The van der Waals surface area contributed by atoms with Crippen LogP contribution in [0.1, 0.15) is 42.6 Å². The Hall–Kier alpha value is -1.88. The second-order valence-electron chi connectivity index (χ2n) is 6.53. The van der Waals surface area contributed by atoms with Crippen molar-refractivity contribution in [2.24, 2.45) is 5.92 Å². The van der Waals surface area contributed by atoms with Crippen LogP contribution in [0, 0.1) is 5.92 Å². The van der Waals surface area contributed by atoms with Crippen LogP contribution in [0.25, 0.3) is 0 Å². The molecule has 2 unspecified atom stereocenters. The van der Waals surface area contributed by atoms with Crippen LogP contribution in [0.3, 0.4) is 0 Å². The molecule has 1 N–H and O–H groups in total. The summed E-state index contributed by atoms with van der Waals surface area (Å²) in [5.41, 5.74) is 2.70. The average molecular weight is 316 g/mol. The van der Waals surface area contributed by atoms with E-state index in [0.29, 0.717) is 31.6 Å². The summed E-state index contributed by atoms with van der Waals surface area (Å²) in [4.78, 5) is 28.2. The van der Waals surface area contributed by atoms with E-state index in [4.69, 9.17) is 0 Å². The Labute approximate surface area is 136 Å². The fraction of sp³-hybridized carbons (Fsp3) is 0.556. The average Bonchev–Trinajstić information content (AvgIpc) is 3.19. The summed E-state index contributed by atoms with van der Waals surface area (Å²) in [7, 11) is 0. The lowest BCUT2D eigenvalue weighted by Crippen LogP contribution is -2.30. The van der Waals surface area contributed by atoms with Gasteiger partial charge in [0, 0.05) is 43.2 Å². The molecule has 1 fully saturated rings. The highest BCUT2D eigenvalue weighted by Crippen LogP contribution is 2.30. The summed E-state index contributed by atoms with van der Waals surface area (Å²) >= 11 is 0. The van der Waals surface area contributed by atoms with E-state index in [1.165, 1.54) is 0 Å². The molecule has 5 nitrogen and oxygen atoms in total. The van der Waals surface area contributed by atoms with Crippen LogP contribution in [0.2, 0.25) is 0 Å². The lowest BCUT2D eigenvalue weighted by molar-refractivity contribution is -0.118. The lowest BCUT2D eigenvalue weighted by atomic mass is 10.0. The molecule has 0 aromatic heterocycles. The molecule has 1 aromatic carbocycles. The monoisotopic (exact) mass is 316 g/mol. The van der Waals surface area contributed by atoms with Gasteiger partial charge in [0.25, 0.3) is 5.91 Å². The molecule has 1 aromatic rings.